The average Bonchev–Trinajstić information content (AvgIpc) is 2.35. The number of nitro benzene ring substituents is 1. The predicted molar refractivity (Wildman–Crippen MR) is 71.2 cm³/mol. The molecule has 1 heterocycles. The third-order valence-electron chi connectivity index (χ3n) is 2.55. The number of nitrogens with zero attached hydrogens (tertiary/aromatic N) is 2. The maximum atomic E-state index is 13.2. The Bertz CT molecular complexity index is 799. The lowest BCUT2D eigenvalue weighted by Gasteiger charge is -2.06. The molecule has 0 atom stereocenters. The molecule has 20 heavy (non-hydrogen) atoms. The summed E-state index contributed by atoms with van der Waals surface area (Å²) in [6.45, 7) is -0.234. The third kappa shape index (κ3) is 2.82. The smallest absolute Gasteiger partial charge is 0.295 e. The minimum Gasteiger partial charge on any atom is -0.295 e. The molecule has 0 saturated carbocycles. The number of hydrogen-bond donors (Lipinski definition) is 1. The summed E-state index contributed by atoms with van der Waals surface area (Å²) in [6.07, 6.45) is 1.19. The predicted octanol–water partition coefficient (Wildman–Crippen LogP) is 1.39. The SMILES string of the molecule is O=c1[nH]c(=O)n(Cc2cc(F)ccc2[N+](=O)[O-])cc1Br. The molecule has 0 bridgehead atoms. The Kier molecular flexibility index (Phi) is 3.79. The monoisotopic (exact) mass is 343 g/mol. The fraction of sp³-hybridized carbons (Fsp3) is 0.0909. The van der Waals surface area contributed by atoms with Crippen LogP contribution in [0, 0.1) is 15.9 Å². The van der Waals surface area contributed by atoms with Gasteiger partial charge in [-0.1, -0.05) is 0 Å². The van der Waals surface area contributed by atoms with Crippen LogP contribution in [0.15, 0.2) is 38.5 Å². The lowest BCUT2D eigenvalue weighted by molar-refractivity contribution is -0.385. The van der Waals surface area contributed by atoms with Crippen LogP contribution in [0.5, 0.6) is 0 Å². The molecule has 0 aliphatic heterocycles. The van der Waals surface area contributed by atoms with Crippen LogP contribution in [-0.2, 0) is 6.54 Å². The summed E-state index contributed by atoms with van der Waals surface area (Å²) in [6, 6.07) is 2.97. The van der Waals surface area contributed by atoms with Gasteiger partial charge < -0.3 is 0 Å². The molecule has 0 amide bonds. The van der Waals surface area contributed by atoms with Crippen molar-refractivity contribution in [3.63, 3.8) is 0 Å². The van der Waals surface area contributed by atoms with Crippen molar-refractivity contribution in [3.8, 4) is 0 Å². The van der Waals surface area contributed by atoms with Crippen molar-refractivity contribution < 1.29 is 9.31 Å². The van der Waals surface area contributed by atoms with Crippen molar-refractivity contribution >= 4 is 21.6 Å². The Labute approximate surface area is 119 Å². The van der Waals surface area contributed by atoms with Crippen LogP contribution < -0.4 is 11.2 Å². The van der Waals surface area contributed by atoms with Crippen LogP contribution in [0.25, 0.3) is 0 Å². The van der Waals surface area contributed by atoms with Gasteiger partial charge in [-0.05, 0) is 28.1 Å². The Morgan fingerprint density at radius 2 is 2.10 bits per heavy atom. The van der Waals surface area contributed by atoms with Gasteiger partial charge in [0.25, 0.3) is 11.2 Å². The standard InChI is InChI=1S/C11H7BrFN3O4/c12-8-5-15(11(18)14-10(8)17)4-6-3-7(13)1-2-9(6)16(19)20/h1-3,5H,4H2,(H,14,17,18). The first kappa shape index (κ1) is 14.1. The van der Waals surface area contributed by atoms with E-state index in [2.05, 4.69) is 15.9 Å². The summed E-state index contributed by atoms with van der Waals surface area (Å²) in [4.78, 5) is 35.0. The lowest BCUT2D eigenvalue weighted by atomic mass is 10.1. The molecule has 0 unspecified atom stereocenters. The fourth-order valence-corrected chi connectivity index (χ4v) is 1.99. The summed E-state index contributed by atoms with van der Waals surface area (Å²) >= 11 is 2.94. The second-order valence-corrected chi connectivity index (χ2v) is 4.75. The molecule has 1 aromatic heterocycles. The first-order chi connectivity index (χ1) is 9.38. The molecule has 0 radical (unpaired) electrons. The van der Waals surface area contributed by atoms with E-state index in [1.54, 1.807) is 0 Å². The lowest BCUT2D eigenvalue weighted by Crippen LogP contribution is -2.30. The van der Waals surface area contributed by atoms with E-state index in [0.29, 0.717) is 0 Å². The zero-order chi connectivity index (χ0) is 14.9. The van der Waals surface area contributed by atoms with Gasteiger partial charge in [0.1, 0.15) is 5.82 Å². The van der Waals surface area contributed by atoms with E-state index in [1.165, 1.54) is 6.20 Å². The number of nitro groups is 1. The Morgan fingerprint density at radius 1 is 1.40 bits per heavy atom. The van der Waals surface area contributed by atoms with Crippen LogP contribution >= 0.6 is 15.9 Å². The van der Waals surface area contributed by atoms with Gasteiger partial charge in [0.15, 0.2) is 0 Å². The molecule has 7 nitrogen and oxygen atoms in total. The molecule has 1 N–H and O–H groups in total. The molecule has 0 fully saturated rings. The second-order valence-electron chi connectivity index (χ2n) is 3.89. The first-order valence-corrected chi connectivity index (χ1v) is 6.10. The van der Waals surface area contributed by atoms with E-state index < -0.39 is 22.0 Å². The molecule has 2 rings (SSSR count). The molecule has 0 spiro atoms. The van der Waals surface area contributed by atoms with Crippen molar-refractivity contribution in [2.45, 2.75) is 6.54 Å². The molecular formula is C11H7BrFN3O4. The number of hydrogen-bond acceptors (Lipinski definition) is 4. The van der Waals surface area contributed by atoms with Crippen LogP contribution in [0.4, 0.5) is 10.1 Å². The number of nitrogens with one attached hydrogen (secondary N) is 1. The van der Waals surface area contributed by atoms with Gasteiger partial charge in [0.2, 0.25) is 0 Å². The highest BCUT2D eigenvalue weighted by molar-refractivity contribution is 9.10. The Morgan fingerprint density at radius 3 is 2.75 bits per heavy atom. The second kappa shape index (κ2) is 5.37. The largest absolute Gasteiger partial charge is 0.328 e. The van der Waals surface area contributed by atoms with E-state index in [9.17, 15) is 24.1 Å². The highest BCUT2D eigenvalue weighted by Crippen LogP contribution is 2.20. The highest BCUT2D eigenvalue weighted by atomic mass is 79.9. The van der Waals surface area contributed by atoms with E-state index in [4.69, 9.17) is 0 Å². The van der Waals surface area contributed by atoms with Gasteiger partial charge in [0.05, 0.1) is 21.5 Å². The normalized spacial score (nSPS) is 10.5. The zero-order valence-corrected chi connectivity index (χ0v) is 11.4. The van der Waals surface area contributed by atoms with E-state index in [-0.39, 0.29) is 22.3 Å². The molecule has 1 aromatic carbocycles. The van der Waals surface area contributed by atoms with Crippen LogP contribution in [-0.4, -0.2) is 14.5 Å². The number of aromatic nitrogens is 2. The van der Waals surface area contributed by atoms with Crippen molar-refractivity contribution in [2.75, 3.05) is 0 Å². The van der Waals surface area contributed by atoms with E-state index >= 15 is 0 Å². The third-order valence-corrected chi connectivity index (χ3v) is 3.11. The summed E-state index contributed by atoms with van der Waals surface area (Å²) in [5, 5.41) is 10.9. The molecule has 0 aliphatic rings. The van der Waals surface area contributed by atoms with Crippen molar-refractivity contribution in [1.82, 2.24) is 9.55 Å². The molecule has 9 heteroatoms. The minimum absolute atomic E-state index is 0.0241. The minimum atomic E-state index is -0.739. The molecule has 0 saturated heterocycles. The van der Waals surface area contributed by atoms with Crippen LogP contribution in [0.1, 0.15) is 5.56 Å². The van der Waals surface area contributed by atoms with Gasteiger partial charge >= 0.3 is 5.69 Å². The van der Waals surface area contributed by atoms with E-state index in [1.807, 2.05) is 4.98 Å². The number of halogens is 2. The van der Waals surface area contributed by atoms with Gasteiger partial charge in [0, 0.05) is 12.3 Å². The number of rotatable bonds is 3. The number of H-pyrrole nitrogens is 1. The summed E-state index contributed by atoms with van der Waals surface area (Å²) in [7, 11) is 0. The highest BCUT2D eigenvalue weighted by Gasteiger charge is 2.15. The maximum Gasteiger partial charge on any atom is 0.328 e. The maximum absolute atomic E-state index is 13.2. The fourth-order valence-electron chi connectivity index (χ4n) is 1.64. The average molecular weight is 344 g/mol. The Balaban J connectivity index is 2.52. The quantitative estimate of drug-likeness (QED) is 0.672. The topological polar surface area (TPSA) is 98.0 Å². The van der Waals surface area contributed by atoms with Crippen LogP contribution in [0.2, 0.25) is 0 Å². The summed E-state index contributed by atoms with van der Waals surface area (Å²) in [5.74, 6) is -0.651. The van der Waals surface area contributed by atoms with Crippen molar-refractivity contribution in [3.05, 3.63) is 71.2 Å². The number of benzene rings is 1. The molecule has 0 aliphatic carbocycles. The van der Waals surface area contributed by atoms with E-state index in [0.717, 1.165) is 22.8 Å². The van der Waals surface area contributed by atoms with Gasteiger partial charge in [-0.15, -0.1) is 0 Å². The summed E-state index contributed by atoms with van der Waals surface area (Å²) < 4.78 is 14.3. The molecular weight excluding hydrogens is 337 g/mol. The van der Waals surface area contributed by atoms with Crippen molar-refractivity contribution in [1.29, 1.82) is 0 Å². The number of aromatic amines is 1. The van der Waals surface area contributed by atoms with Gasteiger partial charge in [-0.25, -0.2) is 9.18 Å². The van der Waals surface area contributed by atoms with Gasteiger partial charge in [-0.3, -0.25) is 24.5 Å². The van der Waals surface area contributed by atoms with Crippen LogP contribution in [0.3, 0.4) is 0 Å². The Hall–Kier alpha value is -2.29. The van der Waals surface area contributed by atoms with Crippen molar-refractivity contribution in [2.24, 2.45) is 0 Å². The first-order valence-electron chi connectivity index (χ1n) is 5.30. The zero-order valence-electron chi connectivity index (χ0n) is 9.80. The van der Waals surface area contributed by atoms with Gasteiger partial charge in [-0.2, -0.15) is 0 Å². The molecule has 104 valence electrons. The summed E-state index contributed by atoms with van der Waals surface area (Å²) in [5.41, 5.74) is -1.63. The molecule has 2 aromatic rings.